The van der Waals surface area contributed by atoms with Crippen molar-refractivity contribution in [3.05, 3.63) is 53.7 Å². The summed E-state index contributed by atoms with van der Waals surface area (Å²) in [6.45, 7) is 0. The third-order valence-corrected chi connectivity index (χ3v) is 3.00. The molecular weight excluding hydrogens is 266 g/mol. The lowest BCUT2D eigenvalue weighted by atomic mass is 10.2. The van der Waals surface area contributed by atoms with Crippen LogP contribution in [0.15, 0.2) is 43.0 Å². The third-order valence-electron chi connectivity index (χ3n) is 2.76. The number of hydrogen-bond acceptors (Lipinski definition) is 3. The number of fused-ring (bicyclic) bond motifs is 1. The lowest BCUT2D eigenvalue weighted by Crippen LogP contribution is -1.96. The highest BCUT2D eigenvalue weighted by Crippen LogP contribution is 2.23. The minimum absolute atomic E-state index is 0.000995. The molecule has 5 nitrogen and oxygen atoms in total. The molecule has 3 aromatic rings. The molecule has 0 radical (unpaired) electrons. The predicted octanol–water partition coefficient (Wildman–Crippen LogP) is 2.77. The fraction of sp³-hybridized carbons (Fsp3) is 0. The Labute approximate surface area is 113 Å². The van der Waals surface area contributed by atoms with Crippen LogP contribution >= 0.6 is 11.6 Å². The van der Waals surface area contributed by atoms with Crippen molar-refractivity contribution in [3.63, 3.8) is 0 Å². The molecule has 19 heavy (non-hydrogen) atoms. The van der Waals surface area contributed by atoms with Gasteiger partial charge in [0.25, 0.3) is 0 Å². The van der Waals surface area contributed by atoms with Gasteiger partial charge in [0.1, 0.15) is 6.33 Å². The standard InChI is InChI=1S/C13H8ClN3O2/c14-8-1-2-9-10(5-8)15-4-3-12(9)17-6-11(13(18)19)16-7-17/h1-7H,(H,18,19). The second-order valence-electron chi connectivity index (χ2n) is 3.96. The molecule has 1 aromatic carbocycles. The average Bonchev–Trinajstić information content (AvgIpc) is 2.87. The largest absolute Gasteiger partial charge is 0.476 e. The molecule has 0 aliphatic rings. The highest BCUT2D eigenvalue weighted by molar-refractivity contribution is 6.31. The lowest BCUT2D eigenvalue weighted by Gasteiger charge is -2.06. The highest BCUT2D eigenvalue weighted by atomic mass is 35.5. The molecule has 0 bridgehead atoms. The molecule has 1 N–H and O–H groups in total. The number of carboxylic acid groups (broad SMARTS) is 1. The van der Waals surface area contributed by atoms with Crippen molar-refractivity contribution in [1.29, 1.82) is 0 Å². The Morgan fingerprint density at radius 3 is 2.84 bits per heavy atom. The molecule has 0 aliphatic heterocycles. The van der Waals surface area contributed by atoms with E-state index < -0.39 is 5.97 Å². The molecule has 2 heterocycles. The van der Waals surface area contributed by atoms with E-state index in [0.29, 0.717) is 5.02 Å². The Hall–Kier alpha value is -2.40. The van der Waals surface area contributed by atoms with Gasteiger partial charge in [-0.05, 0) is 24.3 Å². The number of nitrogens with zero attached hydrogens (tertiary/aromatic N) is 3. The van der Waals surface area contributed by atoms with Gasteiger partial charge in [-0.3, -0.25) is 4.98 Å². The Balaban J connectivity index is 2.21. The van der Waals surface area contributed by atoms with E-state index in [0.717, 1.165) is 16.6 Å². The van der Waals surface area contributed by atoms with Crippen LogP contribution in [0.25, 0.3) is 16.6 Å². The summed E-state index contributed by atoms with van der Waals surface area (Å²) in [4.78, 5) is 18.9. The van der Waals surface area contributed by atoms with Gasteiger partial charge in [-0.15, -0.1) is 0 Å². The molecule has 0 spiro atoms. The van der Waals surface area contributed by atoms with Crippen LogP contribution in [0.2, 0.25) is 5.02 Å². The Morgan fingerprint density at radius 2 is 2.11 bits per heavy atom. The second kappa shape index (κ2) is 4.37. The van der Waals surface area contributed by atoms with Gasteiger partial charge < -0.3 is 9.67 Å². The SMILES string of the molecule is O=C(O)c1cn(-c2ccnc3cc(Cl)ccc23)cn1. The number of aromatic nitrogens is 3. The fourth-order valence-electron chi connectivity index (χ4n) is 1.90. The maximum absolute atomic E-state index is 10.8. The number of carboxylic acids is 1. The minimum Gasteiger partial charge on any atom is -0.476 e. The van der Waals surface area contributed by atoms with Crippen LogP contribution in [-0.4, -0.2) is 25.6 Å². The van der Waals surface area contributed by atoms with E-state index in [4.69, 9.17) is 16.7 Å². The Morgan fingerprint density at radius 1 is 1.26 bits per heavy atom. The number of halogens is 1. The van der Waals surface area contributed by atoms with Crippen LogP contribution in [-0.2, 0) is 0 Å². The zero-order valence-corrected chi connectivity index (χ0v) is 10.4. The number of imidazole rings is 1. The average molecular weight is 274 g/mol. The normalized spacial score (nSPS) is 10.8. The molecular formula is C13H8ClN3O2. The first-order chi connectivity index (χ1) is 9.15. The van der Waals surface area contributed by atoms with Gasteiger partial charge in [-0.2, -0.15) is 0 Å². The summed E-state index contributed by atoms with van der Waals surface area (Å²) in [5.41, 5.74) is 1.55. The van der Waals surface area contributed by atoms with E-state index in [-0.39, 0.29) is 5.69 Å². The predicted molar refractivity (Wildman–Crippen MR) is 70.8 cm³/mol. The van der Waals surface area contributed by atoms with E-state index >= 15 is 0 Å². The van der Waals surface area contributed by atoms with Gasteiger partial charge in [-0.25, -0.2) is 9.78 Å². The third kappa shape index (κ3) is 2.04. The van der Waals surface area contributed by atoms with Gasteiger partial charge >= 0.3 is 5.97 Å². The zero-order valence-electron chi connectivity index (χ0n) is 9.62. The molecule has 94 valence electrons. The number of aromatic carboxylic acids is 1. The van der Waals surface area contributed by atoms with Gasteiger partial charge in [0, 0.05) is 22.8 Å². The maximum Gasteiger partial charge on any atom is 0.356 e. The Bertz CT molecular complexity index is 782. The van der Waals surface area contributed by atoms with Crippen LogP contribution in [0.1, 0.15) is 10.5 Å². The maximum atomic E-state index is 10.8. The topological polar surface area (TPSA) is 68.0 Å². The highest BCUT2D eigenvalue weighted by Gasteiger charge is 2.09. The molecule has 6 heteroatoms. The van der Waals surface area contributed by atoms with Crippen LogP contribution in [0, 0.1) is 0 Å². The summed E-state index contributed by atoms with van der Waals surface area (Å²) in [6, 6.07) is 7.17. The number of hydrogen-bond donors (Lipinski definition) is 1. The number of carbonyl (C=O) groups is 1. The fourth-order valence-corrected chi connectivity index (χ4v) is 2.06. The van der Waals surface area contributed by atoms with Crippen molar-refractivity contribution < 1.29 is 9.90 Å². The van der Waals surface area contributed by atoms with E-state index in [1.54, 1.807) is 29.0 Å². The zero-order chi connectivity index (χ0) is 13.4. The van der Waals surface area contributed by atoms with Crippen LogP contribution < -0.4 is 0 Å². The van der Waals surface area contributed by atoms with Gasteiger partial charge in [0.15, 0.2) is 5.69 Å². The quantitative estimate of drug-likeness (QED) is 0.779. The van der Waals surface area contributed by atoms with Crippen molar-refractivity contribution >= 4 is 28.5 Å². The van der Waals surface area contributed by atoms with E-state index in [1.165, 1.54) is 12.5 Å². The molecule has 0 fully saturated rings. The molecule has 0 saturated heterocycles. The smallest absolute Gasteiger partial charge is 0.356 e. The minimum atomic E-state index is -1.06. The monoisotopic (exact) mass is 273 g/mol. The molecule has 0 amide bonds. The van der Waals surface area contributed by atoms with Crippen molar-refractivity contribution in [3.8, 4) is 5.69 Å². The first kappa shape index (κ1) is 11.7. The van der Waals surface area contributed by atoms with Gasteiger partial charge in [0.2, 0.25) is 0 Å². The molecule has 0 aliphatic carbocycles. The number of rotatable bonds is 2. The van der Waals surface area contributed by atoms with Crippen LogP contribution in [0.5, 0.6) is 0 Å². The van der Waals surface area contributed by atoms with Crippen LogP contribution in [0.3, 0.4) is 0 Å². The van der Waals surface area contributed by atoms with Crippen LogP contribution in [0.4, 0.5) is 0 Å². The van der Waals surface area contributed by atoms with Crippen molar-refractivity contribution in [2.24, 2.45) is 0 Å². The molecule has 0 saturated carbocycles. The molecule has 0 unspecified atom stereocenters. The van der Waals surface area contributed by atoms with Gasteiger partial charge in [0.05, 0.1) is 11.2 Å². The van der Waals surface area contributed by atoms with E-state index in [9.17, 15) is 4.79 Å². The summed E-state index contributed by atoms with van der Waals surface area (Å²) < 4.78 is 1.65. The van der Waals surface area contributed by atoms with E-state index in [1.807, 2.05) is 6.07 Å². The molecule has 0 atom stereocenters. The molecule has 3 rings (SSSR count). The van der Waals surface area contributed by atoms with Gasteiger partial charge in [-0.1, -0.05) is 11.6 Å². The van der Waals surface area contributed by atoms with Crippen molar-refractivity contribution in [2.75, 3.05) is 0 Å². The summed E-state index contributed by atoms with van der Waals surface area (Å²) in [6.07, 6.45) is 4.58. The summed E-state index contributed by atoms with van der Waals surface area (Å²) in [5, 5.41) is 10.4. The van der Waals surface area contributed by atoms with Crippen molar-refractivity contribution in [2.45, 2.75) is 0 Å². The number of benzene rings is 1. The molecule has 2 aromatic heterocycles. The number of pyridine rings is 1. The summed E-state index contributed by atoms with van der Waals surface area (Å²) in [7, 11) is 0. The summed E-state index contributed by atoms with van der Waals surface area (Å²) in [5.74, 6) is -1.06. The van der Waals surface area contributed by atoms with Crippen molar-refractivity contribution in [1.82, 2.24) is 14.5 Å². The second-order valence-corrected chi connectivity index (χ2v) is 4.40. The first-order valence-corrected chi connectivity index (χ1v) is 5.85. The summed E-state index contributed by atoms with van der Waals surface area (Å²) >= 11 is 5.93. The van der Waals surface area contributed by atoms with E-state index in [2.05, 4.69) is 9.97 Å². The Kier molecular flexibility index (Phi) is 2.68. The lowest BCUT2D eigenvalue weighted by molar-refractivity contribution is 0.0691. The first-order valence-electron chi connectivity index (χ1n) is 5.47.